The summed E-state index contributed by atoms with van der Waals surface area (Å²) in [7, 11) is 0. The summed E-state index contributed by atoms with van der Waals surface area (Å²) in [5.74, 6) is 0.813. The summed E-state index contributed by atoms with van der Waals surface area (Å²) in [4.78, 5) is 16.4. The van der Waals surface area contributed by atoms with Crippen molar-refractivity contribution in [1.29, 1.82) is 0 Å². The molecule has 0 radical (unpaired) electrons. The van der Waals surface area contributed by atoms with Crippen molar-refractivity contribution in [1.82, 2.24) is 14.5 Å². The van der Waals surface area contributed by atoms with Crippen molar-refractivity contribution in [3.8, 4) is 0 Å². The molecule has 0 spiro atoms. The first-order chi connectivity index (χ1) is 16.1. The molecule has 6 rings (SSSR count). The Hall–Kier alpha value is -3.55. The number of hydrogen-bond acceptors (Lipinski definition) is 6. The number of anilines is 1. The fourth-order valence-corrected chi connectivity index (χ4v) is 4.91. The topological polar surface area (TPSA) is 86.8 Å². The van der Waals surface area contributed by atoms with E-state index in [4.69, 9.17) is 9.98 Å². The summed E-state index contributed by atoms with van der Waals surface area (Å²) >= 11 is 0. The number of hydrogen-bond donors (Lipinski definition) is 2. The molecule has 166 valence electrons. The average molecular weight is 440 g/mol. The lowest BCUT2D eigenvalue weighted by Gasteiger charge is -2.47. The van der Waals surface area contributed by atoms with Gasteiger partial charge in [0, 0.05) is 25.2 Å². The van der Waals surface area contributed by atoms with E-state index in [2.05, 4.69) is 22.0 Å². The average Bonchev–Trinajstić information content (AvgIpc) is 3.42. The molecule has 1 atom stereocenters. The van der Waals surface area contributed by atoms with Crippen molar-refractivity contribution < 1.29 is 10.2 Å². The number of aliphatic hydroxyl groups excluding tert-OH is 1. The molecule has 0 aliphatic carbocycles. The van der Waals surface area contributed by atoms with Gasteiger partial charge in [0.2, 0.25) is 0 Å². The predicted octanol–water partition coefficient (Wildman–Crippen LogP) is 2.85. The maximum absolute atomic E-state index is 11.1. The van der Waals surface area contributed by atoms with Gasteiger partial charge in [-0.2, -0.15) is 0 Å². The number of pyridine rings is 1. The molecule has 4 heterocycles. The van der Waals surface area contributed by atoms with Gasteiger partial charge in [0.05, 0.1) is 43.3 Å². The highest BCUT2D eigenvalue weighted by molar-refractivity contribution is 5.86. The van der Waals surface area contributed by atoms with Crippen molar-refractivity contribution >= 4 is 23.1 Å². The molecule has 2 aromatic heterocycles. The van der Waals surface area contributed by atoms with Gasteiger partial charge in [0.15, 0.2) is 0 Å². The Balaban J connectivity index is 1.35. The van der Waals surface area contributed by atoms with E-state index in [9.17, 15) is 10.2 Å². The zero-order chi connectivity index (χ0) is 22.4. The van der Waals surface area contributed by atoms with E-state index in [1.165, 1.54) is 5.56 Å². The van der Waals surface area contributed by atoms with E-state index in [0.717, 1.165) is 33.7 Å². The SMILES string of the molecule is OCCn1cnc2c(CC3N=Cc4ccccc43)nc(N3CC(O)(c4ccccc4)C3)cc21. The number of β-amino-alcohol motifs (C(OH)–C–C–N with tert-alkyl or cyclic N) is 1. The number of nitrogens with zero attached hydrogens (tertiary/aromatic N) is 5. The molecule has 2 aliphatic heterocycles. The van der Waals surface area contributed by atoms with Crippen LogP contribution in [0.2, 0.25) is 0 Å². The van der Waals surface area contributed by atoms with Crippen molar-refractivity contribution in [3.05, 3.63) is 89.4 Å². The highest BCUT2D eigenvalue weighted by Gasteiger charge is 2.43. The minimum Gasteiger partial charge on any atom is -0.395 e. The molecule has 4 aromatic rings. The highest BCUT2D eigenvalue weighted by atomic mass is 16.3. The van der Waals surface area contributed by atoms with Gasteiger partial charge in [-0.25, -0.2) is 9.97 Å². The Morgan fingerprint density at radius 2 is 1.82 bits per heavy atom. The van der Waals surface area contributed by atoms with Crippen molar-refractivity contribution in [2.75, 3.05) is 24.6 Å². The fraction of sp³-hybridized carbons (Fsp3) is 0.269. The molecule has 0 amide bonds. The van der Waals surface area contributed by atoms with Crippen LogP contribution in [-0.2, 0) is 18.6 Å². The van der Waals surface area contributed by atoms with Gasteiger partial charge in [-0.3, -0.25) is 4.99 Å². The summed E-state index contributed by atoms with van der Waals surface area (Å²) in [5, 5.41) is 20.6. The number of benzene rings is 2. The van der Waals surface area contributed by atoms with Crippen molar-refractivity contribution in [2.45, 2.75) is 24.6 Å². The monoisotopic (exact) mass is 439 g/mol. The summed E-state index contributed by atoms with van der Waals surface area (Å²) < 4.78 is 1.96. The van der Waals surface area contributed by atoms with Crippen LogP contribution in [0.3, 0.4) is 0 Å². The molecule has 33 heavy (non-hydrogen) atoms. The lowest BCUT2D eigenvalue weighted by Crippen LogP contribution is -2.59. The van der Waals surface area contributed by atoms with E-state index in [1.54, 1.807) is 6.33 Å². The van der Waals surface area contributed by atoms with Crippen LogP contribution >= 0.6 is 0 Å². The van der Waals surface area contributed by atoms with Crippen LogP contribution in [0.4, 0.5) is 5.82 Å². The van der Waals surface area contributed by atoms with Gasteiger partial charge in [-0.15, -0.1) is 0 Å². The van der Waals surface area contributed by atoms with Crippen molar-refractivity contribution in [3.63, 3.8) is 0 Å². The van der Waals surface area contributed by atoms with E-state index in [0.29, 0.717) is 26.1 Å². The first kappa shape index (κ1) is 20.1. The summed E-state index contributed by atoms with van der Waals surface area (Å²) in [6.45, 7) is 1.47. The second-order valence-electron chi connectivity index (χ2n) is 8.84. The Kier molecular flexibility index (Phi) is 4.74. The third-order valence-corrected chi connectivity index (χ3v) is 6.68. The highest BCUT2D eigenvalue weighted by Crippen LogP contribution is 2.37. The molecule has 1 fully saturated rings. The Morgan fingerprint density at radius 1 is 1.03 bits per heavy atom. The van der Waals surface area contributed by atoms with Gasteiger partial charge in [0.1, 0.15) is 16.9 Å². The van der Waals surface area contributed by atoms with Crippen LogP contribution in [0.15, 0.2) is 72.0 Å². The third kappa shape index (κ3) is 3.41. The Bertz CT molecular complexity index is 1340. The van der Waals surface area contributed by atoms with Gasteiger partial charge >= 0.3 is 0 Å². The van der Waals surface area contributed by atoms with Crippen LogP contribution in [0, 0.1) is 0 Å². The molecule has 7 nitrogen and oxygen atoms in total. The number of imidazole rings is 1. The molecular weight excluding hydrogens is 414 g/mol. The molecular formula is C26H25N5O2. The second-order valence-corrected chi connectivity index (χ2v) is 8.84. The zero-order valence-corrected chi connectivity index (χ0v) is 18.2. The van der Waals surface area contributed by atoms with E-state index in [-0.39, 0.29) is 12.6 Å². The first-order valence-electron chi connectivity index (χ1n) is 11.3. The quantitative estimate of drug-likeness (QED) is 0.483. The minimum absolute atomic E-state index is 0.00721. The normalized spacial score (nSPS) is 18.5. The van der Waals surface area contributed by atoms with Gasteiger partial charge in [-0.1, -0.05) is 54.6 Å². The van der Waals surface area contributed by atoms with Crippen LogP contribution in [-0.4, -0.2) is 50.7 Å². The van der Waals surface area contributed by atoms with Crippen LogP contribution in [0.1, 0.15) is 28.4 Å². The summed E-state index contributed by atoms with van der Waals surface area (Å²) in [6.07, 6.45) is 4.34. The summed E-state index contributed by atoms with van der Waals surface area (Å²) in [6, 6.07) is 20.1. The molecule has 2 aliphatic rings. The van der Waals surface area contributed by atoms with Gasteiger partial charge in [0.25, 0.3) is 0 Å². The molecule has 1 saturated heterocycles. The standard InChI is InChI=1S/C26H25N5O2/c32-11-10-30-17-28-25-22(12-21-20-9-5-4-6-18(20)14-27-21)29-24(13-23(25)30)31-15-26(33,16-31)19-7-2-1-3-8-19/h1-9,13-14,17,21,32-33H,10-12,15-16H2. The molecule has 2 aromatic carbocycles. The first-order valence-corrected chi connectivity index (χ1v) is 11.3. The Morgan fingerprint density at radius 3 is 2.64 bits per heavy atom. The lowest BCUT2D eigenvalue weighted by molar-refractivity contribution is 0.00705. The number of aliphatic hydroxyl groups is 2. The molecule has 1 unspecified atom stereocenters. The molecule has 7 heteroatoms. The van der Waals surface area contributed by atoms with Gasteiger partial charge in [-0.05, 0) is 16.7 Å². The number of rotatable bonds is 6. The Labute approximate surface area is 191 Å². The van der Waals surface area contributed by atoms with E-state index >= 15 is 0 Å². The van der Waals surface area contributed by atoms with E-state index < -0.39 is 5.60 Å². The van der Waals surface area contributed by atoms with Crippen LogP contribution in [0.5, 0.6) is 0 Å². The predicted molar refractivity (Wildman–Crippen MR) is 128 cm³/mol. The smallest absolute Gasteiger partial charge is 0.131 e. The molecule has 0 saturated carbocycles. The van der Waals surface area contributed by atoms with E-state index in [1.807, 2.05) is 59.3 Å². The van der Waals surface area contributed by atoms with Crippen LogP contribution < -0.4 is 4.90 Å². The lowest BCUT2D eigenvalue weighted by atomic mass is 9.86. The largest absolute Gasteiger partial charge is 0.395 e. The van der Waals surface area contributed by atoms with Crippen molar-refractivity contribution in [2.24, 2.45) is 4.99 Å². The third-order valence-electron chi connectivity index (χ3n) is 6.68. The number of aromatic nitrogens is 3. The maximum atomic E-state index is 11.1. The maximum Gasteiger partial charge on any atom is 0.131 e. The summed E-state index contributed by atoms with van der Waals surface area (Å²) in [5.41, 5.74) is 5.06. The zero-order valence-electron chi connectivity index (χ0n) is 18.2. The van der Waals surface area contributed by atoms with Gasteiger partial charge < -0.3 is 19.7 Å². The number of aliphatic imine (C=N–C) groups is 1. The second kappa shape index (κ2) is 7.79. The minimum atomic E-state index is -0.877. The van der Waals surface area contributed by atoms with Crippen LogP contribution in [0.25, 0.3) is 11.0 Å². The molecule has 0 bridgehead atoms. The molecule has 2 N–H and O–H groups in total. The number of fused-ring (bicyclic) bond motifs is 2. The fourth-order valence-electron chi connectivity index (χ4n) is 4.91.